The van der Waals surface area contributed by atoms with Crippen molar-refractivity contribution < 1.29 is 0 Å². The zero-order valence-electron chi connectivity index (χ0n) is 9.34. The van der Waals surface area contributed by atoms with Crippen LogP contribution in [0.2, 0.25) is 0 Å². The highest BCUT2D eigenvalue weighted by atomic mass is 32.1. The zero-order valence-corrected chi connectivity index (χ0v) is 10.2. The van der Waals surface area contributed by atoms with Crippen LogP contribution >= 0.6 is 12.2 Å². The summed E-state index contributed by atoms with van der Waals surface area (Å²) in [5.41, 5.74) is 18.2. The van der Waals surface area contributed by atoms with E-state index >= 15 is 0 Å². The third kappa shape index (κ3) is 4.53. The van der Waals surface area contributed by atoms with Crippen molar-refractivity contribution in [1.29, 1.82) is 0 Å². The van der Waals surface area contributed by atoms with Crippen molar-refractivity contribution in [2.75, 3.05) is 5.73 Å². The highest BCUT2D eigenvalue weighted by Crippen LogP contribution is 2.24. The number of anilines is 1. The molecule has 0 aromatic heterocycles. The lowest BCUT2D eigenvalue weighted by Crippen LogP contribution is -2.18. The number of hydrogen-bond acceptors (Lipinski definition) is 2. The fourth-order valence-corrected chi connectivity index (χ4v) is 1.38. The first-order chi connectivity index (χ1) is 8.11. The van der Waals surface area contributed by atoms with Crippen molar-refractivity contribution in [1.82, 2.24) is 0 Å². The predicted molar refractivity (Wildman–Crippen MR) is 77.3 cm³/mol. The fourth-order valence-electron chi connectivity index (χ4n) is 1.38. The third-order valence-electron chi connectivity index (χ3n) is 2.05. The quantitative estimate of drug-likeness (QED) is 0.531. The van der Waals surface area contributed by atoms with Crippen molar-refractivity contribution in [2.24, 2.45) is 11.5 Å². The summed E-state index contributed by atoms with van der Waals surface area (Å²) >= 11 is 4.09. The lowest BCUT2D eigenvalue weighted by molar-refractivity contribution is 1.61. The minimum absolute atomic E-state index is 0.000000000000000222. The fraction of sp³-hybridized carbons (Fsp3) is 0. The molecule has 0 spiro atoms. The number of rotatable bonds is 1. The average Bonchev–Trinajstić information content (AvgIpc) is 2.30. The Hall–Kier alpha value is -2.07. The molecule has 0 unspecified atom stereocenters. The smallest absolute Gasteiger partial charge is 0.160 e. The van der Waals surface area contributed by atoms with Gasteiger partial charge < -0.3 is 17.2 Å². The van der Waals surface area contributed by atoms with Gasteiger partial charge in [-0.1, -0.05) is 48.5 Å². The van der Waals surface area contributed by atoms with Crippen molar-refractivity contribution in [3.05, 3.63) is 54.6 Å². The van der Waals surface area contributed by atoms with Crippen LogP contribution in [0.4, 0.5) is 5.69 Å². The van der Waals surface area contributed by atoms with Gasteiger partial charge in [0.25, 0.3) is 0 Å². The van der Waals surface area contributed by atoms with E-state index in [2.05, 4.69) is 35.8 Å². The molecular weight excluding hydrogens is 230 g/mol. The van der Waals surface area contributed by atoms with Gasteiger partial charge in [0.2, 0.25) is 0 Å². The molecule has 17 heavy (non-hydrogen) atoms. The number of hydrogen-bond donors (Lipinski definition) is 3. The molecule has 88 valence electrons. The lowest BCUT2D eigenvalue weighted by Gasteiger charge is -2.03. The average molecular weight is 245 g/mol. The molecule has 0 saturated heterocycles. The van der Waals surface area contributed by atoms with Gasteiger partial charge in [0, 0.05) is 11.3 Å². The molecule has 6 N–H and O–H groups in total. The number of benzene rings is 2. The summed E-state index contributed by atoms with van der Waals surface area (Å²) in [7, 11) is 0. The number of nitrogen functional groups attached to an aromatic ring is 1. The summed E-state index contributed by atoms with van der Waals surface area (Å²) in [6.45, 7) is 0. The Bertz CT molecular complexity index is 479. The summed E-state index contributed by atoms with van der Waals surface area (Å²) < 4.78 is 0. The minimum atomic E-state index is 0.000000000000000222. The van der Waals surface area contributed by atoms with Gasteiger partial charge in [-0.05, 0) is 23.8 Å². The van der Waals surface area contributed by atoms with Gasteiger partial charge in [-0.3, -0.25) is 0 Å². The SMILES string of the molecule is NC(N)=S.Nc1ccccc1-c1ccccc1. The largest absolute Gasteiger partial charge is 0.398 e. The number of nitrogens with two attached hydrogens (primary N) is 3. The molecule has 0 aliphatic rings. The molecule has 3 nitrogen and oxygen atoms in total. The number of para-hydroxylation sites is 1. The summed E-state index contributed by atoms with van der Waals surface area (Å²) in [6, 6.07) is 18.1. The van der Waals surface area contributed by atoms with Crippen LogP contribution in [0, 0.1) is 0 Å². The second-order valence-electron chi connectivity index (χ2n) is 3.36. The Morgan fingerprint density at radius 1 is 0.824 bits per heavy atom. The van der Waals surface area contributed by atoms with Crippen LogP contribution < -0.4 is 17.2 Å². The molecule has 0 aliphatic carbocycles. The molecule has 0 aliphatic heterocycles. The maximum Gasteiger partial charge on any atom is 0.160 e. The Labute approximate surface area is 106 Å². The second kappa shape index (κ2) is 6.50. The standard InChI is InChI=1S/C12H11N.CH4N2S/c13-12-9-5-4-8-11(12)10-6-2-1-3-7-10;2-1(3)4/h1-9H,13H2;(H4,2,3,4). The van der Waals surface area contributed by atoms with Gasteiger partial charge in [-0.15, -0.1) is 0 Å². The van der Waals surface area contributed by atoms with Gasteiger partial charge in [0.05, 0.1) is 0 Å². The van der Waals surface area contributed by atoms with Crippen molar-refractivity contribution in [2.45, 2.75) is 0 Å². The first-order valence-electron chi connectivity index (χ1n) is 5.06. The van der Waals surface area contributed by atoms with Crippen LogP contribution in [0.3, 0.4) is 0 Å². The Morgan fingerprint density at radius 3 is 1.82 bits per heavy atom. The second-order valence-corrected chi connectivity index (χ2v) is 3.83. The predicted octanol–water partition coefficient (Wildman–Crippen LogP) is 2.12. The summed E-state index contributed by atoms with van der Waals surface area (Å²) in [5.74, 6) is 0. The van der Waals surface area contributed by atoms with E-state index in [-0.39, 0.29) is 5.11 Å². The molecule has 0 amide bonds. The molecule has 0 fully saturated rings. The van der Waals surface area contributed by atoms with E-state index in [1.165, 1.54) is 5.56 Å². The Kier molecular flexibility index (Phi) is 4.97. The summed E-state index contributed by atoms with van der Waals surface area (Å²) in [4.78, 5) is 0. The van der Waals surface area contributed by atoms with Gasteiger partial charge in [-0.25, -0.2) is 0 Å². The molecule has 0 bridgehead atoms. The van der Waals surface area contributed by atoms with Crippen LogP contribution in [0.25, 0.3) is 11.1 Å². The first-order valence-corrected chi connectivity index (χ1v) is 5.47. The molecule has 0 heterocycles. The van der Waals surface area contributed by atoms with Gasteiger partial charge in [0.15, 0.2) is 5.11 Å². The van der Waals surface area contributed by atoms with E-state index in [0.717, 1.165) is 11.3 Å². The van der Waals surface area contributed by atoms with E-state index in [0.29, 0.717) is 0 Å². The highest BCUT2D eigenvalue weighted by Gasteiger charge is 1.98. The lowest BCUT2D eigenvalue weighted by atomic mass is 10.0. The molecule has 0 atom stereocenters. The molecule has 2 aromatic carbocycles. The van der Waals surface area contributed by atoms with Gasteiger partial charge >= 0.3 is 0 Å². The van der Waals surface area contributed by atoms with Crippen LogP contribution in [0.15, 0.2) is 54.6 Å². The summed E-state index contributed by atoms with van der Waals surface area (Å²) in [5, 5.41) is 0.000000000000000222. The molecule has 4 heteroatoms. The normalized spacial score (nSPS) is 8.94. The molecule has 0 saturated carbocycles. The first kappa shape index (κ1) is 13.0. The monoisotopic (exact) mass is 245 g/mol. The van der Waals surface area contributed by atoms with Crippen molar-refractivity contribution in [3.63, 3.8) is 0 Å². The molecule has 0 radical (unpaired) electrons. The van der Waals surface area contributed by atoms with Crippen LogP contribution in [0.5, 0.6) is 0 Å². The van der Waals surface area contributed by atoms with Gasteiger partial charge in [-0.2, -0.15) is 0 Å². The zero-order chi connectivity index (χ0) is 12.7. The van der Waals surface area contributed by atoms with Crippen molar-refractivity contribution in [3.8, 4) is 11.1 Å². The van der Waals surface area contributed by atoms with Crippen LogP contribution in [-0.4, -0.2) is 5.11 Å². The van der Waals surface area contributed by atoms with Crippen molar-refractivity contribution >= 4 is 23.0 Å². The highest BCUT2D eigenvalue weighted by molar-refractivity contribution is 7.80. The van der Waals surface area contributed by atoms with Gasteiger partial charge in [0.1, 0.15) is 0 Å². The molecule has 2 rings (SSSR count). The van der Waals surface area contributed by atoms with E-state index < -0.39 is 0 Å². The third-order valence-corrected chi connectivity index (χ3v) is 2.05. The number of thiocarbonyl (C=S) groups is 1. The maximum absolute atomic E-state index is 5.85. The van der Waals surface area contributed by atoms with Crippen LogP contribution in [-0.2, 0) is 0 Å². The molecular formula is C13H15N3S. The Morgan fingerprint density at radius 2 is 1.29 bits per heavy atom. The topological polar surface area (TPSA) is 78.1 Å². The van der Waals surface area contributed by atoms with E-state index in [1.807, 2.05) is 42.5 Å². The summed E-state index contributed by atoms with van der Waals surface area (Å²) in [6.07, 6.45) is 0. The van der Waals surface area contributed by atoms with E-state index in [9.17, 15) is 0 Å². The van der Waals surface area contributed by atoms with E-state index in [4.69, 9.17) is 5.73 Å². The minimum Gasteiger partial charge on any atom is -0.398 e. The van der Waals surface area contributed by atoms with E-state index in [1.54, 1.807) is 0 Å². The van der Waals surface area contributed by atoms with Crippen LogP contribution in [0.1, 0.15) is 0 Å². The molecule has 2 aromatic rings. The maximum atomic E-state index is 5.85. The Balaban J connectivity index is 0.000000317.